The molecule has 1 aliphatic heterocycles. The first-order valence-electron chi connectivity index (χ1n) is 10.0. The van der Waals surface area contributed by atoms with Crippen LogP contribution in [0.4, 0.5) is 0 Å². The number of nitrogens with zero attached hydrogens (tertiary/aromatic N) is 2. The van der Waals surface area contributed by atoms with Gasteiger partial charge in [-0.2, -0.15) is 0 Å². The van der Waals surface area contributed by atoms with Crippen LogP contribution in [0, 0.1) is 0 Å². The SMILES string of the molecule is CCCCCCCCCCCN1C=CN(Cc2ccccc2)C1C. The predicted molar refractivity (Wildman–Crippen MR) is 105 cm³/mol. The van der Waals surface area contributed by atoms with E-state index < -0.39 is 0 Å². The summed E-state index contributed by atoms with van der Waals surface area (Å²) in [5, 5.41) is 0. The zero-order valence-electron chi connectivity index (χ0n) is 15.8. The fourth-order valence-corrected chi connectivity index (χ4v) is 3.46. The second-order valence-electron chi connectivity index (χ2n) is 7.15. The van der Waals surface area contributed by atoms with Crippen molar-refractivity contribution in [3.05, 3.63) is 48.3 Å². The molecule has 0 radical (unpaired) electrons. The fourth-order valence-electron chi connectivity index (χ4n) is 3.46. The maximum Gasteiger partial charge on any atom is 0.0981 e. The number of hydrogen-bond acceptors (Lipinski definition) is 2. The Hall–Kier alpha value is -1.44. The molecular weight excluding hydrogens is 292 g/mol. The Kier molecular flexibility index (Phi) is 8.80. The lowest BCUT2D eigenvalue weighted by Gasteiger charge is -2.30. The van der Waals surface area contributed by atoms with Gasteiger partial charge in [-0.25, -0.2) is 0 Å². The van der Waals surface area contributed by atoms with Gasteiger partial charge in [0.1, 0.15) is 0 Å². The molecular formula is C22H36N2. The molecule has 1 aromatic rings. The summed E-state index contributed by atoms with van der Waals surface area (Å²) in [5.74, 6) is 0. The third-order valence-corrected chi connectivity index (χ3v) is 5.14. The topological polar surface area (TPSA) is 6.48 Å². The van der Waals surface area contributed by atoms with Crippen molar-refractivity contribution in [1.82, 2.24) is 9.80 Å². The van der Waals surface area contributed by atoms with Gasteiger partial charge in [-0.3, -0.25) is 0 Å². The van der Waals surface area contributed by atoms with E-state index in [0.29, 0.717) is 6.17 Å². The van der Waals surface area contributed by atoms with E-state index in [1.54, 1.807) is 0 Å². The van der Waals surface area contributed by atoms with Crippen molar-refractivity contribution in [2.24, 2.45) is 0 Å². The minimum absolute atomic E-state index is 0.485. The molecule has 1 atom stereocenters. The first-order valence-corrected chi connectivity index (χ1v) is 10.0. The highest BCUT2D eigenvalue weighted by Crippen LogP contribution is 2.19. The third kappa shape index (κ3) is 6.59. The van der Waals surface area contributed by atoms with Crippen LogP contribution in [0.15, 0.2) is 42.7 Å². The zero-order chi connectivity index (χ0) is 17.0. The molecule has 1 aliphatic rings. The summed E-state index contributed by atoms with van der Waals surface area (Å²) in [5.41, 5.74) is 1.39. The molecule has 0 amide bonds. The molecule has 0 bridgehead atoms. The summed E-state index contributed by atoms with van der Waals surface area (Å²) < 4.78 is 0. The minimum Gasteiger partial charge on any atom is -0.356 e. The second-order valence-corrected chi connectivity index (χ2v) is 7.15. The van der Waals surface area contributed by atoms with Gasteiger partial charge >= 0.3 is 0 Å². The lowest BCUT2D eigenvalue weighted by Crippen LogP contribution is -2.36. The number of hydrogen-bond donors (Lipinski definition) is 0. The molecule has 1 heterocycles. The van der Waals surface area contributed by atoms with E-state index in [2.05, 4.69) is 66.4 Å². The quantitative estimate of drug-likeness (QED) is 0.424. The smallest absolute Gasteiger partial charge is 0.0981 e. The lowest BCUT2D eigenvalue weighted by atomic mass is 10.1. The molecule has 0 N–H and O–H groups in total. The average molecular weight is 329 g/mol. The standard InChI is InChI=1S/C22H36N2/c1-3-4-5-6-7-8-9-10-14-17-23-18-19-24(21(23)2)20-22-15-12-11-13-16-22/h11-13,15-16,18-19,21H,3-10,14,17,20H2,1-2H3. The Balaban J connectivity index is 1.54. The maximum absolute atomic E-state index is 2.49. The Morgan fingerprint density at radius 1 is 0.750 bits per heavy atom. The van der Waals surface area contributed by atoms with Gasteiger partial charge in [0.15, 0.2) is 0 Å². The molecule has 134 valence electrons. The average Bonchev–Trinajstić information content (AvgIpc) is 2.94. The molecule has 0 spiro atoms. The molecule has 1 unspecified atom stereocenters. The van der Waals surface area contributed by atoms with Gasteiger partial charge in [0, 0.05) is 25.5 Å². The van der Waals surface area contributed by atoms with Crippen LogP contribution >= 0.6 is 0 Å². The summed E-state index contributed by atoms with van der Waals surface area (Å²) >= 11 is 0. The molecule has 2 nitrogen and oxygen atoms in total. The third-order valence-electron chi connectivity index (χ3n) is 5.14. The second kappa shape index (κ2) is 11.2. The highest BCUT2D eigenvalue weighted by atomic mass is 15.4. The number of benzene rings is 1. The van der Waals surface area contributed by atoms with Crippen LogP contribution < -0.4 is 0 Å². The van der Waals surface area contributed by atoms with Crippen molar-refractivity contribution in [2.75, 3.05) is 6.54 Å². The summed E-state index contributed by atoms with van der Waals surface area (Å²) in [6, 6.07) is 10.8. The van der Waals surface area contributed by atoms with E-state index >= 15 is 0 Å². The molecule has 0 fully saturated rings. The van der Waals surface area contributed by atoms with Gasteiger partial charge in [0.2, 0.25) is 0 Å². The number of rotatable bonds is 12. The molecule has 0 saturated carbocycles. The van der Waals surface area contributed by atoms with Gasteiger partial charge in [0.25, 0.3) is 0 Å². The largest absolute Gasteiger partial charge is 0.356 e. The Bertz CT molecular complexity index is 454. The Morgan fingerprint density at radius 2 is 1.33 bits per heavy atom. The Labute approximate surface area is 149 Å². The molecule has 2 rings (SSSR count). The van der Waals surface area contributed by atoms with Crippen LogP contribution in [0.5, 0.6) is 0 Å². The van der Waals surface area contributed by atoms with Crippen LogP contribution in [0.3, 0.4) is 0 Å². The molecule has 24 heavy (non-hydrogen) atoms. The zero-order valence-corrected chi connectivity index (χ0v) is 15.8. The van der Waals surface area contributed by atoms with E-state index in [9.17, 15) is 0 Å². The lowest BCUT2D eigenvalue weighted by molar-refractivity contribution is 0.162. The van der Waals surface area contributed by atoms with Crippen molar-refractivity contribution in [1.29, 1.82) is 0 Å². The van der Waals surface area contributed by atoms with Crippen LogP contribution in [-0.2, 0) is 6.54 Å². The van der Waals surface area contributed by atoms with Crippen LogP contribution in [0.1, 0.15) is 77.2 Å². The Morgan fingerprint density at radius 3 is 2.00 bits per heavy atom. The van der Waals surface area contributed by atoms with Gasteiger partial charge in [-0.15, -0.1) is 0 Å². The summed E-state index contributed by atoms with van der Waals surface area (Å²) in [6.45, 7) is 6.80. The maximum atomic E-state index is 2.49. The van der Waals surface area contributed by atoms with Gasteiger partial charge in [-0.1, -0.05) is 88.6 Å². The van der Waals surface area contributed by atoms with Gasteiger partial charge in [0.05, 0.1) is 6.17 Å². The first kappa shape index (κ1) is 18.9. The van der Waals surface area contributed by atoms with Crippen molar-refractivity contribution in [3.63, 3.8) is 0 Å². The molecule has 0 aliphatic carbocycles. The monoisotopic (exact) mass is 328 g/mol. The van der Waals surface area contributed by atoms with Crippen LogP contribution in [0.2, 0.25) is 0 Å². The van der Waals surface area contributed by atoms with Crippen LogP contribution in [-0.4, -0.2) is 22.5 Å². The first-order chi connectivity index (χ1) is 11.8. The van der Waals surface area contributed by atoms with Gasteiger partial charge in [-0.05, 0) is 18.9 Å². The summed E-state index contributed by atoms with van der Waals surface area (Å²) in [6.07, 6.45) is 17.6. The highest BCUT2D eigenvalue weighted by Gasteiger charge is 2.20. The fraction of sp³-hybridized carbons (Fsp3) is 0.636. The van der Waals surface area contributed by atoms with E-state index in [1.165, 1.54) is 69.9 Å². The van der Waals surface area contributed by atoms with Crippen molar-refractivity contribution >= 4 is 0 Å². The van der Waals surface area contributed by atoms with Gasteiger partial charge < -0.3 is 9.80 Å². The summed E-state index contributed by atoms with van der Waals surface area (Å²) in [4.78, 5) is 4.92. The molecule has 0 aromatic heterocycles. The normalized spacial score (nSPS) is 17.0. The molecule has 2 heteroatoms. The molecule has 0 saturated heterocycles. The number of unbranched alkanes of at least 4 members (excludes halogenated alkanes) is 8. The molecule has 1 aromatic carbocycles. The highest BCUT2D eigenvalue weighted by molar-refractivity contribution is 5.15. The van der Waals surface area contributed by atoms with Crippen molar-refractivity contribution in [3.8, 4) is 0 Å². The van der Waals surface area contributed by atoms with Crippen molar-refractivity contribution < 1.29 is 0 Å². The van der Waals surface area contributed by atoms with E-state index in [0.717, 1.165) is 6.54 Å². The van der Waals surface area contributed by atoms with E-state index in [4.69, 9.17) is 0 Å². The van der Waals surface area contributed by atoms with E-state index in [-0.39, 0.29) is 0 Å². The summed E-state index contributed by atoms with van der Waals surface area (Å²) in [7, 11) is 0. The minimum atomic E-state index is 0.485. The predicted octanol–water partition coefficient (Wildman–Crippen LogP) is 6.15. The van der Waals surface area contributed by atoms with E-state index in [1.807, 2.05) is 0 Å². The van der Waals surface area contributed by atoms with Crippen molar-refractivity contribution in [2.45, 2.75) is 84.3 Å². The van der Waals surface area contributed by atoms with Crippen LogP contribution in [0.25, 0.3) is 0 Å².